The van der Waals surface area contributed by atoms with Crippen molar-refractivity contribution in [2.75, 3.05) is 0 Å². The minimum absolute atomic E-state index is 0.329. The molecule has 1 heterocycles. The lowest BCUT2D eigenvalue weighted by Crippen LogP contribution is -1.98. The van der Waals surface area contributed by atoms with E-state index < -0.39 is 5.97 Å². The van der Waals surface area contributed by atoms with Crippen LogP contribution in [-0.4, -0.2) is 11.1 Å². The van der Waals surface area contributed by atoms with Crippen molar-refractivity contribution >= 4 is 29.5 Å². The number of benzene rings is 1. The molecule has 2 aromatic rings. The van der Waals surface area contributed by atoms with E-state index in [2.05, 4.69) is 0 Å². The molecule has 0 unspecified atom stereocenters. The van der Waals surface area contributed by atoms with Crippen LogP contribution in [0.2, 0.25) is 0 Å². The Balaban J connectivity index is 2.31. The van der Waals surface area contributed by atoms with Gasteiger partial charge in [0.2, 0.25) is 0 Å². The van der Waals surface area contributed by atoms with Gasteiger partial charge >= 0.3 is 5.97 Å². The Bertz CT molecular complexity index is 512. The SMILES string of the molecule is O=C(O)c1ccccc1/C=C/c1cccs1. The molecule has 0 aliphatic rings. The molecule has 0 saturated carbocycles. The van der Waals surface area contributed by atoms with Gasteiger partial charge in [-0.1, -0.05) is 30.3 Å². The second kappa shape index (κ2) is 4.77. The Morgan fingerprint density at radius 3 is 2.62 bits per heavy atom. The predicted octanol–water partition coefficient (Wildman–Crippen LogP) is 3.62. The smallest absolute Gasteiger partial charge is 0.336 e. The van der Waals surface area contributed by atoms with Crippen LogP contribution < -0.4 is 0 Å². The molecule has 16 heavy (non-hydrogen) atoms. The highest BCUT2D eigenvalue weighted by Crippen LogP contribution is 2.16. The number of hydrogen-bond donors (Lipinski definition) is 1. The summed E-state index contributed by atoms with van der Waals surface area (Å²) in [6.45, 7) is 0. The lowest BCUT2D eigenvalue weighted by Gasteiger charge is -1.99. The summed E-state index contributed by atoms with van der Waals surface area (Å²) in [6, 6.07) is 10.9. The zero-order chi connectivity index (χ0) is 11.4. The van der Waals surface area contributed by atoms with Crippen molar-refractivity contribution in [1.29, 1.82) is 0 Å². The van der Waals surface area contributed by atoms with E-state index in [0.717, 1.165) is 10.4 Å². The normalized spacial score (nSPS) is 10.8. The summed E-state index contributed by atoms with van der Waals surface area (Å²) >= 11 is 1.62. The van der Waals surface area contributed by atoms with Crippen molar-refractivity contribution in [3.63, 3.8) is 0 Å². The van der Waals surface area contributed by atoms with Crippen LogP contribution in [0.1, 0.15) is 20.8 Å². The second-order valence-electron chi connectivity index (χ2n) is 3.24. The van der Waals surface area contributed by atoms with E-state index in [1.54, 1.807) is 29.5 Å². The summed E-state index contributed by atoms with van der Waals surface area (Å²) in [5.41, 5.74) is 1.05. The molecule has 0 aliphatic heterocycles. The van der Waals surface area contributed by atoms with Gasteiger partial charge in [-0.05, 0) is 29.2 Å². The van der Waals surface area contributed by atoms with E-state index >= 15 is 0 Å². The first-order chi connectivity index (χ1) is 7.77. The van der Waals surface area contributed by atoms with Crippen LogP contribution in [0.3, 0.4) is 0 Å². The molecule has 3 heteroatoms. The first kappa shape index (κ1) is 10.6. The Morgan fingerprint density at radius 2 is 1.94 bits per heavy atom. The van der Waals surface area contributed by atoms with Crippen LogP contribution in [0, 0.1) is 0 Å². The van der Waals surface area contributed by atoms with Crippen LogP contribution in [0.4, 0.5) is 0 Å². The third kappa shape index (κ3) is 2.38. The predicted molar refractivity (Wildman–Crippen MR) is 66.6 cm³/mol. The lowest BCUT2D eigenvalue weighted by molar-refractivity contribution is 0.0696. The van der Waals surface area contributed by atoms with Crippen LogP contribution in [0.15, 0.2) is 41.8 Å². The van der Waals surface area contributed by atoms with Gasteiger partial charge in [0.15, 0.2) is 0 Å². The average Bonchev–Trinajstić information content (AvgIpc) is 2.79. The molecule has 0 amide bonds. The number of rotatable bonds is 3. The Kier molecular flexibility index (Phi) is 3.17. The van der Waals surface area contributed by atoms with Gasteiger partial charge in [0, 0.05) is 4.88 Å². The third-order valence-electron chi connectivity index (χ3n) is 2.16. The molecule has 1 N–H and O–H groups in total. The molecule has 1 aromatic carbocycles. The number of thiophene rings is 1. The maximum absolute atomic E-state index is 11.0. The number of carbonyl (C=O) groups is 1. The summed E-state index contributed by atoms with van der Waals surface area (Å²) in [5, 5.41) is 11.0. The largest absolute Gasteiger partial charge is 0.478 e. The Morgan fingerprint density at radius 1 is 1.12 bits per heavy atom. The van der Waals surface area contributed by atoms with Gasteiger partial charge < -0.3 is 5.11 Å². The zero-order valence-electron chi connectivity index (χ0n) is 8.46. The fraction of sp³-hybridized carbons (Fsp3) is 0. The van der Waals surface area contributed by atoms with Crippen LogP contribution in [0.5, 0.6) is 0 Å². The van der Waals surface area contributed by atoms with E-state index in [4.69, 9.17) is 5.11 Å². The summed E-state index contributed by atoms with van der Waals surface area (Å²) in [5.74, 6) is -0.897. The minimum atomic E-state index is -0.897. The van der Waals surface area contributed by atoms with E-state index in [9.17, 15) is 4.79 Å². The fourth-order valence-corrected chi connectivity index (χ4v) is 2.01. The molecule has 0 atom stereocenters. The summed E-state index contributed by atoms with van der Waals surface area (Å²) in [4.78, 5) is 12.1. The third-order valence-corrected chi connectivity index (χ3v) is 3.00. The number of aromatic carboxylic acids is 1. The van der Waals surface area contributed by atoms with Crippen molar-refractivity contribution in [3.05, 3.63) is 57.8 Å². The molecule has 0 aliphatic carbocycles. The van der Waals surface area contributed by atoms with Gasteiger partial charge in [-0.3, -0.25) is 0 Å². The molecule has 0 spiro atoms. The van der Waals surface area contributed by atoms with Crippen LogP contribution in [0.25, 0.3) is 12.2 Å². The summed E-state index contributed by atoms with van der Waals surface area (Å²) in [6.07, 6.45) is 3.75. The fourth-order valence-electron chi connectivity index (χ4n) is 1.40. The van der Waals surface area contributed by atoms with E-state index in [1.807, 2.05) is 35.7 Å². The first-order valence-corrected chi connectivity index (χ1v) is 5.69. The Labute approximate surface area is 97.5 Å². The molecule has 0 saturated heterocycles. The number of carboxylic acid groups (broad SMARTS) is 1. The number of carboxylic acids is 1. The Hall–Kier alpha value is -1.87. The molecule has 1 aromatic heterocycles. The molecule has 0 radical (unpaired) electrons. The van der Waals surface area contributed by atoms with Crippen molar-refractivity contribution < 1.29 is 9.90 Å². The molecule has 2 nitrogen and oxygen atoms in total. The molecule has 0 fully saturated rings. The van der Waals surface area contributed by atoms with Gasteiger partial charge in [-0.15, -0.1) is 11.3 Å². The standard InChI is InChI=1S/C13H10O2S/c14-13(15)12-6-2-1-4-10(12)7-8-11-5-3-9-16-11/h1-9H,(H,14,15)/b8-7+. The quantitative estimate of drug-likeness (QED) is 0.874. The molecular formula is C13H10O2S. The highest BCUT2D eigenvalue weighted by molar-refractivity contribution is 7.10. The van der Waals surface area contributed by atoms with Gasteiger partial charge in [0.1, 0.15) is 0 Å². The maximum atomic E-state index is 11.0. The van der Waals surface area contributed by atoms with Gasteiger partial charge in [-0.2, -0.15) is 0 Å². The van der Waals surface area contributed by atoms with E-state index in [0.29, 0.717) is 5.56 Å². The van der Waals surface area contributed by atoms with Gasteiger partial charge in [-0.25, -0.2) is 4.79 Å². The van der Waals surface area contributed by atoms with Crippen molar-refractivity contribution in [2.24, 2.45) is 0 Å². The monoisotopic (exact) mass is 230 g/mol. The van der Waals surface area contributed by atoms with Crippen LogP contribution in [-0.2, 0) is 0 Å². The lowest BCUT2D eigenvalue weighted by atomic mass is 10.1. The molecular weight excluding hydrogens is 220 g/mol. The average molecular weight is 230 g/mol. The van der Waals surface area contributed by atoms with Gasteiger partial charge in [0.25, 0.3) is 0 Å². The van der Waals surface area contributed by atoms with E-state index in [-0.39, 0.29) is 0 Å². The molecule has 2 rings (SSSR count). The summed E-state index contributed by atoms with van der Waals surface area (Å²) in [7, 11) is 0. The number of hydrogen-bond acceptors (Lipinski definition) is 2. The molecule has 0 bridgehead atoms. The van der Waals surface area contributed by atoms with Crippen molar-refractivity contribution in [2.45, 2.75) is 0 Å². The highest BCUT2D eigenvalue weighted by Gasteiger charge is 2.05. The van der Waals surface area contributed by atoms with Crippen molar-refractivity contribution in [1.82, 2.24) is 0 Å². The molecule has 80 valence electrons. The minimum Gasteiger partial charge on any atom is -0.478 e. The topological polar surface area (TPSA) is 37.3 Å². The van der Waals surface area contributed by atoms with Crippen LogP contribution >= 0.6 is 11.3 Å². The van der Waals surface area contributed by atoms with E-state index in [1.165, 1.54) is 0 Å². The first-order valence-electron chi connectivity index (χ1n) is 4.81. The second-order valence-corrected chi connectivity index (χ2v) is 4.22. The highest BCUT2D eigenvalue weighted by atomic mass is 32.1. The maximum Gasteiger partial charge on any atom is 0.336 e. The van der Waals surface area contributed by atoms with Crippen molar-refractivity contribution in [3.8, 4) is 0 Å². The van der Waals surface area contributed by atoms with Gasteiger partial charge in [0.05, 0.1) is 5.56 Å². The summed E-state index contributed by atoms with van der Waals surface area (Å²) < 4.78 is 0. The zero-order valence-corrected chi connectivity index (χ0v) is 9.28.